The molecule has 6 heteroatoms. The molecule has 1 N–H and O–H groups in total. The zero-order valence-electron chi connectivity index (χ0n) is 9.32. The van der Waals surface area contributed by atoms with Gasteiger partial charge in [0.05, 0.1) is 13.2 Å². The maximum atomic E-state index is 8.57. The lowest BCUT2D eigenvalue weighted by Crippen LogP contribution is -2.46. The minimum Gasteiger partial charge on any atom is -0.382 e. The topological polar surface area (TPSA) is 66.4 Å². The summed E-state index contributed by atoms with van der Waals surface area (Å²) in [6.45, 7) is 4.27. The smallest absolute Gasteiger partial charge is 0.231 e. The van der Waals surface area contributed by atoms with Crippen molar-refractivity contribution in [3.05, 3.63) is 0 Å². The molecule has 6 nitrogen and oxygen atoms in total. The summed E-state index contributed by atoms with van der Waals surface area (Å²) in [5.41, 5.74) is 0. The van der Waals surface area contributed by atoms with E-state index < -0.39 is 11.6 Å². The van der Waals surface area contributed by atoms with Gasteiger partial charge in [-0.3, -0.25) is 0 Å². The first kappa shape index (κ1) is 12.8. The summed E-state index contributed by atoms with van der Waals surface area (Å²) in [7, 11) is 1.60. The van der Waals surface area contributed by atoms with Gasteiger partial charge in [-0.2, -0.15) is 9.78 Å². The Hall–Kier alpha value is -0.240. The molecule has 0 saturated carbocycles. The van der Waals surface area contributed by atoms with Gasteiger partial charge >= 0.3 is 0 Å². The van der Waals surface area contributed by atoms with Crippen LogP contribution in [0.1, 0.15) is 26.7 Å². The maximum Gasteiger partial charge on any atom is 0.231 e. The highest BCUT2D eigenvalue weighted by atomic mass is 17.3. The average Bonchev–Trinajstić information content (AvgIpc) is 2.24. The van der Waals surface area contributed by atoms with Crippen LogP contribution in [0.2, 0.25) is 0 Å². The molecule has 1 fully saturated rings. The van der Waals surface area contributed by atoms with Crippen molar-refractivity contribution in [1.29, 1.82) is 0 Å². The Labute approximate surface area is 88.9 Å². The van der Waals surface area contributed by atoms with Crippen LogP contribution in [0.4, 0.5) is 0 Å². The second-order valence-electron chi connectivity index (χ2n) is 3.87. The summed E-state index contributed by atoms with van der Waals surface area (Å²) in [5, 5.41) is 8.57. The lowest BCUT2D eigenvalue weighted by atomic mass is 10.1. The quantitative estimate of drug-likeness (QED) is 0.430. The maximum absolute atomic E-state index is 8.57. The van der Waals surface area contributed by atoms with Gasteiger partial charge in [-0.1, -0.05) is 0 Å². The minimum atomic E-state index is -1.11. The molecule has 0 aliphatic carbocycles. The summed E-state index contributed by atoms with van der Waals surface area (Å²) < 4.78 is 10.3. The summed E-state index contributed by atoms with van der Waals surface area (Å²) in [6.07, 6.45) is 1.04. The molecular weight excluding hydrogens is 204 g/mol. The first-order chi connectivity index (χ1) is 7.04. The van der Waals surface area contributed by atoms with Crippen LogP contribution in [0.3, 0.4) is 0 Å². The van der Waals surface area contributed by atoms with Crippen LogP contribution in [0.5, 0.6) is 0 Å². The fourth-order valence-corrected chi connectivity index (χ4v) is 1.21. The first-order valence-electron chi connectivity index (χ1n) is 4.86. The molecule has 1 aliphatic heterocycles. The van der Waals surface area contributed by atoms with Crippen LogP contribution in [0.15, 0.2) is 0 Å². The summed E-state index contributed by atoms with van der Waals surface area (Å²) in [6, 6.07) is 0. The van der Waals surface area contributed by atoms with Crippen LogP contribution < -0.4 is 0 Å². The monoisotopic (exact) mass is 222 g/mol. The Morgan fingerprint density at radius 2 is 1.73 bits per heavy atom. The molecule has 0 bridgehead atoms. The summed E-state index contributed by atoms with van der Waals surface area (Å²) >= 11 is 0. The van der Waals surface area contributed by atoms with E-state index in [9.17, 15) is 0 Å². The van der Waals surface area contributed by atoms with E-state index in [1.165, 1.54) is 0 Å². The standard InChI is InChI=1S/C9H18O6/c1-8(12-7-6-11-3)4-5-9(2,13-10)15-14-8/h10H,4-7H2,1-3H3. The number of hydrogen-bond donors (Lipinski definition) is 1. The zero-order valence-corrected chi connectivity index (χ0v) is 9.32. The van der Waals surface area contributed by atoms with E-state index in [1.54, 1.807) is 21.0 Å². The normalized spacial score (nSPS) is 36.8. The van der Waals surface area contributed by atoms with Crippen molar-refractivity contribution in [3.63, 3.8) is 0 Å². The summed E-state index contributed by atoms with van der Waals surface area (Å²) in [4.78, 5) is 14.1. The molecule has 0 radical (unpaired) electrons. The molecule has 1 heterocycles. The number of methoxy groups -OCH3 is 1. The van der Waals surface area contributed by atoms with Crippen molar-refractivity contribution in [2.45, 2.75) is 38.3 Å². The molecular formula is C9H18O6. The van der Waals surface area contributed by atoms with Crippen LogP contribution in [-0.4, -0.2) is 37.2 Å². The highest BCUT2D eigenvalue weighted by Gasteiger charge is 2.42. The molecule has 2 atom stereocenters. The zero-order chi connectivity index (χ0) is 11.4. The Balaban J connectivity index is 2.34. The SMILES string of the molecule is COCCOC1(C)CCC(C)(OO)OO1. The largest absolute Gasteiger partial charge is 0.382 e. The third-order valence-corrected chi connectivity index (χ3v) is 2.32. The molecule has 1 saturated heterocycles. The van der Waals surface area contributed by atoms with Crippen LogP contribution in [-0.2, 0) is 24.1 Å². The molecule has 15 heavy (non-hydrogen) atoms. The van der Waals surface area contributed by atoms with E-state index in [-0.39, 0.29) is 0 Å². The van der Waals surface area contributed by atoms with E-state index in [2.05, 4.69) is 4.89 Å². The van der Waals surface area contributed by atoms with Gasteiger partial charge in [0.15, 0.2) is 5.79 Å². The summed E-state index contributed by atoms with van der Waals surface area (Å²) in [5.74, 6) is -1.92. The van der Waals surface area contributed by atoms with Crippen molar-refractivity contribution in [3.8, 4) is 0 Å². The van der Waals surface area contributed by atoms with Gasteiger partial charge in [0.25, 0.3) is 0 Å². The fourth-order valence-electron chi connectivity index (χ4n) is 1.21. The molecule has 1 aliphatic rings. The Kier molecular flexibility index (Phi) is 4.45. The molecule has 2 unspecified atom stereocenters. The van der Waals surface area contributed by atoms with Gasteiger partial charge in [0, 0.05) is 20.0 Å². The third-order valence-electron chi connectivity index (χ3n) is 2.32. The molecule has 0 aromatic heterocycles. The lowest BCUT2D eigenvalue weighted by Gasteiger charge is -2.38. The Morgan fingerprint density at radius 3 is 2.20 bits per heavy atom. The number of ether oxygens (including phenoxy) is 2. The van der Waals surface area contributed by atoms with Gasteiger partial charge < -0.3 is 9.47 Å². The van der Waals surface area contributed by atoms with Crippen molar-refractivity contribution in [2.75, 3.05) is 20.3 Å². The van der Waals surface area contributed by atoms with Gasteiger partial charge in [0.1, 0.15) is 0 Å². The Bertz CT molecular complexity index is 187. The second kappa shape index (κ2) is 5.20. The van der Waals surface area contributed by atoms with Gasteiger partial charge in [-0.25, -0.2) is 10.1 Å². The highest BCUT2D eigenvalue weighted by Crippen LogP contribution is 2.33. The minimum absolute atomic E-state index is 0.424. The van der Waals surface area contributed by atoms with Gasteiger partial charge in [-0.05, 0) is 13.8 Å². The third kappa shape index (κ3) is 3.67. The van der Waals surface area contributed by atoms with E-state index in [4.69, 9.17) is 24.5 Å². The lowest BCUT2D eigenvalue weighted by molar-refractivity contribution is -0.562. The molecule has 0 aromatic carbocycles. The van der Waals surface area contributed by atoms with E-state index >= 15 is 0 Å². The van der Waals surface area contributed by atoms with E-state index in [0.29, 0.717) is 26.1 Å². The van der Waals surface area contributed by atoms with Crippen molar-refractivity contribution in [2.24, 2.45) is 0 Å². The van der Waals surface area contributed by atoms with Gasteiger partial charge in [-0.15, -0.1) is 0 Å². The highest BCUT2D eigenvalue weighted by molar-refractivity contribution is 4.72. The average molecular weight is 222 g/mol. The molecule has 0 amide bonds. The van der Waals surface area contributed by atoms with Crippen molar-refractivity contribution >= 4 is 0 Å². The van der Waals surface area contributed by atoms with E-state index in [0.717, 1.165) is 0 Å². The van der Waals surface area contributed by atoms with Crippen molar-refractivity contribution in [1.82, 2.24) is 0 Å². The predicted octanol–water partition coefficient (Wildman–Crippen LogP) is 1.31. The van der Waals surface area contributed by atoms with Crippen LogP contribution >= 0.6 is 0 Å². The van der Waals surface area contributed by atoms with Gasteiger partial charge in [0.2, 0.25) is 5.79 Å². The first-order valence-corrected chi connectivity index (χ1v) is 4.86. The predicted molar refractivity (Wildman–Crippen MR) is 49.8 cm³/mol. The molecule has 90 valence electrons. The molecule has 1 rings (SSSR count). The van der Waals surface area contributed by atoms with Crippen LogP contribution in [0.25, 0.3) is 0 Å². The fraction of sp³-hybridized carbons (Fsp3) is 1.00. The second-order valence-corrected chi connectivity index (χ2v) is 3.87. The number of hydrogen-bond acceptors (Lipinski definition) is 6. The van der Waals surface area contributed by atoms with Crippen LogP contribution in [0, 0.1) is 0 Å². The molecule has 0 spiro atoms. The molecule has 0 aromatic rings. The van der Waals surface area contributed by atoms with E-state index in [1.807, 2.05) is 0 Å². The Morgan fingerprint density at radius 1 is 1.13 bits per heavy atom. The van der Waals surface area contributed by atoms with Crippen molar-refractivity contribution < 1.29 is 29.4 Å². The number of rotatable bonds is 5.